The predicted octanol–water partition coefficient (Wildman–Crippen LogP) is 0.653. The summed E-state index contributed by atoms with van der Waals surface area (Å²) in [6, 6.07) is 0.966. The Morgan fingerprint density at radius 2 is 2.33 bits per heavy atom. The molecule has 0 aliphatic carbocycles. The van der Waals surface area contributed by atoms with Crippen molar-refractivity contribution >= 4 is 5.91 Å². The first-order chi connectivity index (χ1) is 5.72. The predicted molar refractivity (Wildman–Crippen MR) is 48.9 cm³/mol. The largest absolute Gasteiger partial charge is 0.352 e. The molecule has 0 aromatic carbocycles. The van der Waals surface area contributed by atoms with Crippen molar-refractivity contribution in [2.24, 2.45) is 0 Å². The number of amides is 1. The highest BCUT2D eigenvalue weighted by Gasteiger charge is 2.17. The molecule has 3 heteroatoms. The molecule has 2 atom stereocenters. The van der Waals surface area contributed by atoms with Gasteiger partial charge in [-0.05, 0) is 19.8 Å². The van der Waals surface area contributed by atoms with Crippen LogP contribution < -0.4 is 10.6 Å². The molecular weight excluding hydrogens is 152 g/mol. The molecule has 2 N–H and O–H groups in total. The highest BCUT2D eigenvalue weighted by Crippen LogP contribution is 2.07. The van der Waals surface area contributed by atoms with Crippen LogP contribution in [0.2, 0.25) is 0 Å². The van der Waals surface area contributed by atoms with Gasteiger partial charge >= 0.3 is 0 Å². The fraction of sp³-hybridized carbons (Fsp3) is 0.889. The van der Waals surface area contributed by atoms with Gasteiger partial charge in [-0.2, -0.15) is 0 Å². The third-order valence-corrected chi connectivity index (χ3v) is 2.35. The van der Waals surface area contributed by atoms with E-state index >= 15 is 0 Å². The Balaban J connectivity index is 2.21. The maximum absolute atomic E-state index is 11.0. The van der Waals surface area contributed by atoms with Crippen LogP contribution in [-0.2, 0) is 4.79 Å². The van der Waals surface area contributed by atoms with E-state index < -0.39 is 0 Å². The van der Waals surface area contributed by atoms with Crippen LogP contribution in [0, 0.1) is 0 Å². The van der Waals surface area contributed by atoms with Crippen LogP contribution in [0.3, 0.4) is 0 Å². The van der Waals surface area contributed by atoms with E-state index in [2.05, 4.69) is 17.6 Å². The Kier molecular flexibility index (Phi) is 3.53. The van der Waals surface area contributed by atoms with Crippen LogP contribution in [0.25, 0.3) is 0 Å². The lowest BCUT2D eigenvalue weighted by Crippen LogP contribution is -2.48. The van der Waals surface area contributed by atoms with Gasteiger partial charge in [0.15, 0.2) is 0 Å². The minimum atomic E-state index is 0.163. The Morgan fingerprint density at radius 1 is 1.58 bits per heavy atom. The third kappa shape index (κ3) is 2.81. The van der Waals surface area contributed by atoms with E-state index in [1.54, 1.807) is 0 Å². The molecule has 70 valence electrons. The molecule has 1 amide bonds. The summed E-state index contributed by atoms with van der Waals surface area (Å²) in [6.45, 7) is 4.99. The molecule has 1 heterocycles. The second-order valence-electron chi connectivity index (χ2n) is 3.50. The van der Waals surface area contributed by atoms with E-state index in [-0.39, 0.29) is 5.91 Å². The fourth-order valence-corrected chi connectivity index (χ4v) is 1.45. The van der Waals surface area contributed by atoms with E-state index in [0.717, 1.165) is 19.4 Å². The Morgan fingerprint density at radius 3 is 2.83 bits per heavy atom. The second kappa shape index (κ2) is 4.45. The lowest BCUT2D eigenvalue weighted by Gasteiger charge is -2.28. The van der Waals surface area contributed by atoms with Crippen molar-refractivity contribution in [3.8, 4) is 0 Å². The first-order valence-corrected chi connectivity index (χ1v) is 4.75. The standard InChI is InChI=1S/C9H18N2O/c1-3-9(12)11-8-5-4-7(2)10-6-8/h7-8,10H,3-6H2,1-2H3,(H,11,12). The van der Waals surface area contributed by atoms with Crippen molar-refractivity contribution in [1.29, 1.82) is 0 Å². The van der Waals surface area contributed by atoms with Gasteiger partial charge in [0, 0.05) is 25.0 Å². The van der Waals surface area contributed by atoms with Crippen LogP contribution in [-0.4, -0.2) is 24.5 Å². The van der Waals surface area contributed by atoms with Crippen molar-refractivity contribution in [3.05, 3.63) is 0 Å². The second-order valence-corrected chi connectivity index (χ2v) is 3.50. The van der Waals surface area contributed by atoms with Gasteiger partial charge in [-0.1, -0.05) is 6.92 Å². The zero-order valence-corrected chi connectivity index (χ0v) is 7.89. The molecule has 2 unspecified atom stereocenters. The molecule has 0 spiro atoms. The first kappa shape index (κ1) is 9.52. The van der Waals surface area contributed by atoms with Gasteiger partial charge in [0.2, 0.25) is 5.91 Å². The van der Waals surface area contributed by atoms with Crippen LogP contribution in [0.1, 0.15) is 33.1 Å². The Labute approximate surface area is 73.9 Å². The van der Waals surface area contributed by atoms with Gasteiger partial charge in [-0.25, -0.2) is 0 Å². The zero-order valence-electron chi connectivity index (χ0n) is 7.89. The minimum absolute atomic E-state index is 0.163. The number of carbonyl (C=O) groups is 1. The van der Waals surface area contributed by atoms with Gasteiger partial charge in [0.25, 0.3) is 0 Å². The molecule has 0 bridgehead atoms. The van der Waals surface area contributed by atoms with Crippen LogP contribution in [0.4, 0.5) is 0 Å². The van der Waals surface area contributed by atoms with E-state index in [1.807, 2.05) is 6.92 Å². The van der Waals surface area contributed by atoms with Gasteiger partial charge in [-0.3, -0.25) is 4.79 Å². The number of hydrogen-bond acceptors (Lipinski definition) is 2. The molecule has 0 aromatic heterocycles. The van der Waals surface area contributed by atoms with Crippen molar-refractivity contribution < 1.29 is 4.79 Å². The molecule has 1 aliphatic heterocycles. The molecule has 0 saturated carbocycles. The summed E-state index contributed by atoms with van der Waals surface area (Å²) in [4.78, 5) is 11.0. The van der Waals surface area contributed by atoms with Gasteiger partial charge in [0.1, 0.15) is 0 Å². The summed E-state index contributed by atoms with van der Waals surface area (Å²) >= 11 is 0. The minimum Gasteiger partial charge on any atom is -0.352 e. The van der Waals surface area contributed by atoms with E-state index in [4.69, 9.17) is 0 Å². The summed E-state index contributed by atoms with van der Waals surface area (Å²) in [5.74, 6) is 0.163. The average Bonchev–Trinajstić information content (AvgIpc) is 2.09. The lowest BCUT2D eigenvalue weighted by molar-refractivity contribution is -0.121. The highest BCUT2D eigenvalue weighted by atomic mass is 16.1. The van der Waals surface area contributed by atoms with Crippen LogP contribution in [0.15, 0.2) is 0 Å². The van der Waals surface area contributed by atoms with Crippen molar-refractivity contribution in [2.45, 2.75) is 45.2 Å². The molecular formula is C9H18N2O. The number of nitrogens with one attached hydrogen (secondary N) is 2. The maximum atomic E-state index is 11.0. The van der Waals surface area contributed by atoms with Gasteiger partial charge in [0.05, 0.1) is 0 Å². The molecule has 12 heavy (non-hydrogen) atoms. The molecule has 1 aliphatic rings. The van der Waals surface area contributed by atoms with Crippen LogP contribution in [0.5, 0.6) is 0 Å². The summed E-state index contributed by atoms with van der Waals surface area (Å²) in [5, 5.41) is 6.33. The summed E-state index contributed by atoms with van der Waals surface area (Å²) < 4.78 is 0. The number of rotatable bonds is 2. The van der Waals surface area contributed by atoms with Crippen LogP contribution >= 0.6 is 0 Å². The van der Waals surface area contributed by atoms with E-state index in [9.17, 15) is 4.79 Å². The first-order valence-electron chi connectivity index (χ1n) is 4.75. The van der Waals surface area contributed by atoms with Crippen molar-refractivity contribution in [2.75, 3.05) is 6.54 Å². The third-order valence-electron chi connectivity index (χ3n) is 2.35. The monoisotopic (exact) mass is 170 g/mol. The SMILES string of the molecule is CCC(=O)NC1CCC(C)NC1. The average molecular weight is 170 g/mol. The molecule has 1 rings (SSSR count). The Hall–Kier alpha value is -0.570. The smallest absolute Gasteiger partial charge is 0.219 e. The fourth-order valence-electron chi connectivity index (χ4n) is 1.45. The molecule has 3 nitrogen and oxygen atoms in total. The van der Waals surface area contributed by atoms with E-state index in [0.29, 0.717) is 18.5 Å². The topological polar surface area (TPSA) is 41.1 Å². The van der Waals surface area contributed by atoms with Gasteiger partial charge < -0.3 is 10.6 Å². The molecule has 0 radical (unpaired) electrons. The zero-order chi connectivity index (χ0) is 8.97. The quantitative estimate of drug-likeness (QED) is 0.639. The number of hydrogen-bond donors (Lipinski definition) is 2. The molecule has 1 saturated heterocycles. The Bertz CT molecular complexity index is 151. The lowest BCUT2D eigenvalue weighted by atomic mass is 10.0. The molecule has 0 aromatic rings. The summed E-state index contributed by atoms with van der Waals surface area (Å²) in [6.07, 6.45) is 2.86. The summed E-state index contributed by atoms with van der Waals surface area (Å²) in [7, 11) is 0. The summed E-state index contributed by atoms with van der Waals surface area (Å²) in [5.41, 5.74) is 0. The highest BCUT2D eigenvalue weighted by molar-refractivity contribution is 5.75. The van der Waals surface area contributed by atoms with Crippen molar-refractivity contribution in [1.82, 2.24) is 10.6 Å². The number of carbonyl (C=O) groups excluding carboxylic acids is 1. The van der Waals surface area contributed by atoms with E-state index in [1.165, 1.54) is 0 Å². The van der Waals surface area contributed by atoms with Gasteiger partial charge in [-0.15, -0.1) is 0 Å². The normalized spacial score (nSPS) is 29.8. The molecule has 1 fully saturated rings. The maximum Gasteiger partial charge on any atom is 0.219 e. The van der Waals surface area contributed by atoms with Crippen molar-refractivity contribution in [3.63, 3.8) is 0 Å². The number of piperidine rings is 1.